The Hall–Kier alpha value is -1.28. The fraction of sp³-hybridized carbons (Fsp3) is 0.529. The summed E-state index contributed by atoms with van der Waals surface area (Å²) in [5.41, 5.74) is 10.9. The summed E-state index contributed by atoms with van der Waals surface area (Å²) in [5, 5.41) is 1.26. The van der Waals surface area contributed by atoms with Gasteiger partial charge in [0.1, 0.15) is 11.3 Å². The highest BCUT2D eigenvalue weighted by Gasteiger charge is 2.19. The molecule has 2 aromatic rings. The minimum Gasteiger partial charge on any atom is -0.459 e. The Labute approximate surface area is 116 Å². The molecule has 2 nitrogen and oxygen atoms in total. The quantitative estimate of drug-likeness (QED) is 0.884. The molecule has 1 aromatic carbocycles. The van der Waals surface area contributed by atoms with Crippen LogP contribution in [0.2, 0.25) is 0 Å². The smallest absolute Gasteiger partial charge is 0.137 e. The zero-order valence-electron chi connectivity index (χ0n) is 12.8. The first-order valence-electron chi connectivity index (χ1n) is 7.14. The van der Waals surface area contributed by atoms with Gasteiger partial charge in [-0.05, 0) is 36.0 Å². The van der Waals surface area contributed by atoms with Crippen molar-refractivity contribution >= 4 is 11.0 Å². The van der Waals surface area contributed by atoms with Gasteiger partial charge in [0, 0.05) is 10.9 Å². The third kappa shape index (κ3) is 2.55. The normalized spacial score (nSPS) is 12.3. The van der Waals surface area contributed by atoms with Gasteiger partial charge in [-0.15, -0.1) is 0 Å². The van der Waals surface area contributed by atoms with Crippen molar-refractivity contribution in [2.45, 2.75) is 59.4 Å². The molecule has 0 atom stereocenters. The predicted molar refractivity (Wildman–Crippen MR) is 81.5 cm³/mol. The third-order valence-electron chi connectivity index (χ3n) is 3.71. The lowest BCUT2D eigenvalue weighted by Gasteiger charge is -2.19. The van der Waals surface area contributed by atoms with Crippen molar-refractivity contribution in [1.82, 2.24) is 0 Å². The largest absolute Gasteiger partial charge is 0.459 e. The molecule has 0 unspecified atom stereocenters. The van der Waals surface area contributed by atoms with Crippen LogP contribution in [0.4, 0.5) is 0 Å². The Bertz CT molecular complexity index is 587. The summed E-state index contributed by atoms with van der Waals surface area (Å²) in [6.45, 7) is 11.5. The molecule has 0 spiro atoms. The molecule has 0 amide bonds. The van der Waals surface area contributed by atoms with Crippen LogP contribution in [0.1, 0.15) is 56.6 Å². The number of benzene rings is 1. The van der Waals surface area contributed by atoms with E-state index < -0.39 is 0 Å². The van der Waals surface area contributed by atoms with Crippen LogP contribution < -0.4 is 5.73 Å². The average molecular weight is 259 g/mol. The molecular formula is C17H25NO. The Morgan fingerprint density at radius 2 is 1.89 bits per heavy atom. The van der Waals surface area contributed by atoms with Crippen LogP contribution >= 0.6 is 0 Å². The lowest BCUT2D eigenvalue weighted by molar-refractivity contribution is 0.542. The van der Waals surface area contributed by atoms with Gasteiger partial charge in [-0.1, -0.05) is 40.2 Å². The van der Waals surface area contributed by atoms with Crippen LogP contribution in [-0.2, 0) is 18.4 Å². The first kappa shape index (κ1) is 14.1. The summed E-state index contributed by atoms with van der Waals surface area (Å²) in [5.74, 6) is 0.950. The zero-order valence-corrected chi connectivity index (χ0v) is 12.8. The van der Waals surface area contributed by atoms with Crippen molar-refractivity contribution in [3.63, 3.8) is 0 Å². The van der Waals surface area contributed by atoms with E-state index in [1.807, 2.05) is 0 Å². The number of nitrogens with two attached hydrogens (primary N) is 1. The predicted octanol–water partition coefficient (Wildman–Crippen LogP) is 4.45. The summed E-state index contributed by atoms with van der Waals surface area (Å²) >= 11 is 0. The number of fused-ring (bicyclic) bond motifs is 1. The highest BCUT2D eigenvalue weighted by Crippen LogP contribution is 2.34. The molecule has 2 rings (SSSR count). The number of aryl methyl sites for hydroxylation is 2. The van der Waals surface area contributed by atoms with E-state index in [1.165, 1.54) is 22.1 Å². The van der Waals surface area contributed by atoms with Crippen molar-refractivity contribution in [2.75, 3.05) is 0 Å². The van der Waals surface area contributed by atoms with Gasteiger partial charge in [-0.2, -0.15) is 0 Å². The van der Waals surface area contributed by atoms with E-state index in [0.29, 0.717) is 6.54 Å². The summed E-state index contributed by atoms with van der Waals surface area (Å²) in [4.78, 5) is 0. The molecular weight excluding hydrogens is 234 g/mol. The minimum absolute atomic E-state index is 0.155. The number of hydrogen-bond acceptors (Lipinski definition) is 2. The fourth-order valence-electron chi connectivity index (χ4n) is 2.59. The Kier molecular flexibility index (Phi) is 3.73. The second kappa shape index (κ2) is 5.01. The van der Waals surface area contributed by atoms with Gasteiger partial charge in [0.05, 0.1) is 6.54 Å². The summed E-state index contributed by atoms with van der Waals surface area (Å²) in [7, 11) is 0. The Morgan fingerprint density at radius 1 is 1.21 bits per heavy atom. The third-order valence-corrected chi connectivity index (χ3v) is 3.71. The van der Waals surface area contributed by atoms with Crippen LogP contribution in [0.15, 0.2) is 16.5 Å². The Balaban J connectivity index is 2.73. The molecule has 0 fully saturated rings. The van der Waals surface area contributed by atoms with Gasteiger partial charge in [-0.3, -0.25) is 0 Å². The van der Waals surface area contributed by atoms with Gasteiger partial charge < -0.3 is 10.2 Å². The Morgan fingerprint density at radius 3 is 2.42 bits per heavy atom. The van der Waals surface area contributed by atoms with Crippen molar-refractivity contribution in [3.05, 3.63) is 34.6 Å². The van der Waals surface area contributed by atoms with Crippen molar-refractivity contribution < 1.29 is 4.42 Å². The second-order valence-corrected chi connectivity index (χ2v) is 6.38. The summed E-state index contributed by atoms with van der Waals surface area (Å²) in [6, 6.07) is 4.53. The molecule has 19 heavy (non-hydrogen) atoms. The van der Waals surface area contributed by atoms with Gasteiger partial charge in [-0.25, -0.2) is 0 Å². The van der Waals surface area contributed by atoms with Crippen LogP contribution in [0.25, 0.3) is 11.0 Å². The van der Waals surface area contributed by atoms with Crippen molar-refractivity contribution in [2.24, 2.45) is 5.73 Å². The summed E-state index contributed by atoms with van der Waals surface area (Å²) in [6.07, 6.45) is 2.15. The number of rotatable bonds is 3. The molecule has 104 valence electrons. The molecule has 0 saturated heterocycles. The van der Waals surface area contributed by atoms with Crippen molar-refractivity contribution in [3.8, 4) is 0 Å². The van der Waals surface area contributed by atoms with E-state index in [-0.39, 0.29) is 5.41 Å². The van der Waals surface area contributed by atoms with E-state index in [2.05, 4.69) is 46.8 Å². The molecule has 1 heterocycles. The molecule has 0 aliphatic rings. The van der Waals surface area contributed by atoms with Crippen LogP contribution in [0.3, 0.4) is 0 Å². The maximum atomic E-state index is 5.97. The number of furan rings is 1. The topological polar surface area (TPSA) is 39.2 Å². The molecule has 0 aliphatic heterocycles. The molecule has 0 aliphatic carbocycles. The standard InChI is InChI=1S/C17H25NO/c1-6-7-13-14-9-12(17(3,4)5)8-11(2)16(14)19-15(13)10-18/h8-9H,6-7,10,18H2,1-5H3. The van der Waals surface area contributed by atoms with E-state index in [1.54, 1.807) is 0 Å². The molecule has 0 saturated carbocycles. The maximum absolute atomic E-state index is 5.97. The van der Waals surface area contributed by atoms with Crippen LogP contribution in [-0.4, -0.2) is 0 Å². The highest BCUT2D eigenvalue weighted by molar-refractivity contribution is 5.86. The highest BCUT2D eigenvalue weighted by atomic mass is 16.3. The average Bonchev–Trinajstić information content (AvgIpc) is 2.68. The van der Waals surface area contributed by atoms with E-state index >= 15 is 0 Å². The van der Waals surface area contributed by atoms with Crippen LogP contribution in [0.5, 0.6) is 0 Å². The van der Waals surface area contributed by atoms with Gasteiger partial charge >= 0.3 is 0 Å². The van der Waals surface area contributed by atoms with E-state index in [4.69, 9.17) is 10.2 Å². The molecule has 0 bridgehead atoms. The second-order valence-electron chi connectivity index (χ2n) is 6.38. The molecule has 2 N–H and O–H groups in total. The van der Waals surface area contributed by atoms with Gasteiger partial charge in [0.2, 0.25) is 0 Å². The summed E-state index contributed by atoms with van der Waals surface area (Å²) < 4.78 is 5.97. The zero-order chi connectivity index (χ0) is 14.2. The molecule has 1 aromatic heterocycles. The van der Waals surface area contributed by atoms with E-state index in [9.17, 15) is 0 Å². The van der Waals surface area contributed by atoms with E-state index in [0.717, 1.165) is 24.2 Å². The SMILES string of the molecule is CCCc1c(CN)oc2c(C)cc(C(C)(C)C)cc12. The first-order chi connectivity index (χ1) is 8.88. The van der Waals surface area contributed by atoms with Crippen LogP contribution in [0, 0.1) is 6.92 Å². The van der Waals surface area contributed by atoms with Gasteiger partial charge in [0.25, 0.3) is 0 Å². The first-order valence-corrected chi connectivity index (χ1v) is 7.14. The lowest BCUT2D eigenvalue weighted by Crippen LogP contribution is -2.11. The van der Waals surface area contributed by atoms with Gasteiger partial charge in [0.15, 0.2) is 0 Å². The lowest BCUT2D eigenvalue weighted by atomic mass is 9.85. The van der Waals surface area contributed by atoms with Crippen molar-refractivity contribution in [1.29, 1.82) is 0 Å². The minimum atomic E-state index is 0.155. The monoisotopic (exact) mass is 259 g/mol. The fourth-order valence-corrected chi connectivity index (χ4v) is 2.59. The molecule has 2 heteroatoms. The maximum Gasteiger partial charge on any atom is 0.137 e. The molecule has 0 radical (unpaired) electrons. The number of hydrogen-bond donors (Lipinski definition) is 1.